The van der Waals surface area contributed by atoms with Crippen LogP contribution >= 0.6 is 0 Å². The Kier molecular flexibility index (Phi) is 2.61. The van der Waals surface area contributed by atoms with Crippen molar-refractivity contribution in [2.24, 2.45) is 17.3 Å². The summed E-state index contributed by atoms with van der Waals surface area (Å²) in [5.74, 6) is 2.03. The lowest BCUT2D eigenvalue weighted by atomic mass is 9.92. The lowest BCUT2D eigenvalue weighted by Gasteiger charge is -2.13. The molecule has 1 aliphatic rings. The lowest BCUT2D eigenvalue weighted by molar-refractivity contribution is 0.370. The van der Waals surface area contributed by atoms with E-state index in [0.717, 1.165) is 17.3 Å². The van der Waals surface area contributed by atoms with Crippen LogP contribution in [0.15, 0.2) is 0 Å². The quantitative estimate of drug-likeness (QED) is 0.577. The van der Waals surface area contributed by atoms with Crippen LogP contribution in [0.3, 0.4) is 0 Å². The van der Waals surface area contributed by atoms with Crippen LogP contribution in [0, 0.1) is 17.3 Å². The van der Waals surface area contributed by atoms with Gasteiger partial charge in [-0.2, -0.15) is 0 Å². The summed E-state index contributed by atoms with van der Waals surface area (Å²) in [5.41, 5.74) is 0.731. The summed E-state index contributed by atoms with van der Waals surface area (Å²) in [4.78, 5) is 0. The van der Waals surface area contributed by atoms with E-state index in [-0.39, 0.29) is 0 Å². The molecular formula is C11H22. The standard InChI is InChI=1S/C11H22/c1-5-7-9(3)10-8-11(10,4)6-2/h9-10H,5-8H2,1-4H3. The number of rotatable bonds is 4. The first kappa shape index (κ1) is 9.09. The van der Waals surface area contributed by atoms with Gasteiger partial charge in [-0.05, 0) is 23.7 Å². The van der Waals surface area contributed by atoms with Crippen LogP contribution in [0.5, 0.6) is 0 Å². The maximum atomic E-state index is 2.45. The first-order valence-corrected chi connectivity index (χ1v) is 5.14. The SMILES string of the molecule is CCCC(C)C1CC1(C)CC. The monoisotopic (exact) mass is 154 g/mol. The average molecular weight is 154 g/mol. The minimum Gasteiger partial charge on any atom is -0.0654 e. The molecule has 0 aromatic rings. The van der Waals surface area contributed by atoms with Crippen LogP contribution in [0.25, 0.3) is 0 Å². The van der Waals surface area contributed by atoms with E-state index in [9.17, 15) is 0 Å². The Balaban J connectivity index is 2.30. The molecule has 1 aliphatic carbocycles. The smallest absolute Gasteiger partial charge is 0.0294 e. The lowest BCUT2D eigenvalue weighted by Crippen LogP contribution is -2.04. The fourth-order valence-corrected chi connectivity index (χ4v) is 2.39. The van der Waals surface area contributed by atoms with E-state index in [1.54, 1.807) is 0 Å². The Hall–Kier alpha value is 0. The molecule has 1 rings (SSSR count). The summed E-state index contributed by atoms with van der Waals surface area (Å²) in [5, 5.41) is 0. The Labute approximate surface area is 71.4 Å². The van der Waals surface area contributed by atoms with E-state index in [1.807, 2.05) is 0 Å². The largest absolute Gasteiger partial charge is 0.0654 e. The van der Waals surface area contributed by atoms with E-state index in [2.05, 4.69) is 27.7 Å². The molecule has 1 saturated carbocycles. The zero-order valence-electron chi connectivity index (χ0n) is 8.48. The van der Waals surface area contributed by atoms with Crippen molar-refractivity contribution >= 4 is 0 Å². The highest BCUT2D eigenvalue weighted by Crippen LogP contribution is 2.59. The second-order valence-corrected chi connectivity index (χ2v) is 4.58. The molecule has 0 nitrogen and oxygen atoms in total. The second kappa shape index (κ2) is 3.16. The van der Waals surface area contributed by atoms with Gasteiger partial charge in [-0.3, -0.25) is 0 Å². The van der Waals surface area contributed by atoms with Crippen molar-refractivity contribution in [2.45, 2.75) is 53.4 Å². The molecule has 0 spiro atoms. The highest BCUT2D eigenvalue weighted by molar-refractivity contribution is 4.99. The number of hydrogen-bond donors (Lipinski definition) is 0. The van der Waals surface area contributed by atoms with Crippen molar-refractivity contribution in [1.82, 2.24) is 0 Å². The minimum atomic E-state index is 0.731. The van der Waals surface area contributed by atoms with E-state index < -0.39 is 0 Å². The van der Waals surface area contributed by atoms with Crippen LogP contribution in [0.4, 0.5) is 0 Å². The van der Waals surface area contributed by atoms with Crippen LogP contribution in [-0.2, 0) is 0 Å². The van der Waals surface area contributed by atoms with Crippen LogP contribution in [0.2, 0.25) is 0 Å². The molecule has 0 radical (unpaired) electrons. The van der Waals surface area contributed by atoms with Crippen LogP contribution < -0.4 is 0 Å². The Morgan fingerprint density at radius 2 is 2.09 bits per heavy atom. The summed E-state index contributed by atoms with van der Waals surface area (Å²) >= 11 is 0. The third-order valence-electron chi connectivity index (χ3n) is 3.66. The molecule has 0 bridgehead atoms. The minimum absolute atomic E-state index is 0.731. The van der Waals surface area contributed by atoms with Gasteiger partial charge in [0.25, 0.3) is 0 Å². The van der Waals surface area contributed by atoms with Crippen molar-refractivity contribution in [2.75, 3.05) is 0 Å². The van der Waals surface area contributed by atoms with Crippen molar-refractivity contribution in [3.05, 3.63) is 0 Å². The van der Waals surface area contributed by atoms with E-state index >= 15 is 0 Å². The molecule has 0 heteroatoms. The molecule has 0 amide bonds. The normalized spacial score (nSPS) is 38.7. The predicted octanol–water partition coefficient (Wildman–Crippen LogP) is 3.86. The van der Waals surface area contributed by atoms with E-state index in [0.29, 0.717) is 0 Å². The summed E-state index contributed by atoms with van der Waals surface area (Å²) in [7, 11) is 0. The third-order valence-corrected chi connectivity index (χ3v) is 3.66. The Morgan fingerprint density at radius 1 is 1.45 bits per heavy atom. The molecule has 11 heavy (non-hydrogen) atoms. The van der Waals surface area contributed by atoms with Gasteiger partial charge in [0.1, 0.15) is 0 Å². The maximum Gasteiger partial charge on any atom is -0.0294 e. The van der Waals surface area contributed by atoms with Gasteiger partial charge in [-0.15, -0.1) is 0 Å². The molecule has 0 saturated heterocycles. The van der Waals surface area contributed by atoms with Crippen LogP contribution in [0.1, 0.15) is 53.4 Å². The summed E-state index contributed by atoms with van der Waals surface area (Å²) < 4.78 is 0. The van der Waals surface area contributed by atoms with Crippen molar-refractivity contribution < 1.29 is 0 Å². The van der Waals surface area contributed by atoms with Crippen molar-refractivity contribution in [1.29, 1.82) is 0 Å². The molecule has 1 fully saturated rings. The molecule has 0 N–H and O–H groups in total. The average Bonchev–Trinajstić information content (AvgIpc) is 2.65. The third kappa shape index (κ3) is 1.77. The predicted molar refractivity (Wildman–Crippen MR) is 50.6 cm³/mol. The fraction of sp³-hybridized carbons (Fsp3) is 1.00. The molecule has 3 unspecified atom stereocenters. The van der Waals surface area contributed by atoms with E-state index in [1.165, 1.54) is 25.7 Å². The zero-order chi connectivity index (χ0) is 8.48. The van der Waals surface area contributed by atoms with Crippen molar-refractivity contribution in [3.63, 3.8) is 0 Å². The van der Waals surface area contributed by atoms with Gasteiger partial charge in [-0.1, -0.05) is 47.0 Å². The zero-order valence-corrected chi connectivity index (χ0v) is 8.48. The van der Waals surface area contributed by atoms with Gasteiger partial charge in [0, 0.05) is 0 Å². The summed E-state index contributed by atoms with van der Waals surface area (Å²) in [6, 6.07) is 0. The first-order valence-electron chi connectivity index (χ1n) is 5.14. The Morgan fingerprint density at radius 3 is 2.45 bits per heavy atom. The van der Waals surface area contributed by atoms with Gasteiger partial charge in [-0.25, -0.2) is 0 Å². The maximum absolute atomic E-state index is 2.45. The van der Waals surface area contributed by atoms with Gasteiger partial charge < -0.3 is 0 Å². The van der Waals surface area contributed by atoms with Gasteiger partial charge in [0.15, 0.2) is 0 Å². The van der Waals surface area contributed by atoms with Gasteiger partial charge in [0.05, 0.1) is 0 Å². The van der Waals surface area contributed by atoms with E-state index in [4.69, 9.17) is 0 Å². The Bertz CT molecular complexity index is 128. The van der Waals surface area contributed by atoms with Crippen molar-refractivity contribution in [3.8, 4) is 0 Å². The summed E-state index contributed by atoms with van der Waals surface area (Å²) in [6.45, 7) is 9.50. The second-order valence-electron chi connectivity index (χ2n) is 4.58. The van der Waals surface area contributed by atoms with Gasteiger partial charge in [0.2, 0.25) is 0 Å². The highest BCUT2D eigenvalue weighted by Gasteiger charge is 2.50. The fourth-order valence-electron chi connectivity index (χ4n) is 2.39. The molecule has 0 aromatic heterocycles. The molecule has 0 aromatic carbocycles. The van der Waals surface area contributed by atoms with Gasteiger partial charge >= 0.3 is 0 Å². The molecule has 66 valence electrons. The molecular weight excluding hydrogens is 132 g/mol. The summed E-state index contributed by atoms with van der Waals surface area (Å²) in [6.07, 6.45) is 5.66. The highest BCUT2D eigenvalue weighted by atomic mass is 14.5. The molecule has 0 heterocycles. The molecule has 0 aliphatic heterocycles. The van der Waals surface area contributed by atoms with Crippen LogP contribution in [-0.4, -0.2) is 0 Å². The first-order chi connectivity index (χ1) is 5.14. The molecule has 3 atom stereocenters. The topological polar surface area (TPSA) is 0 Å². The number of hydrogen-bond acceptors (Lipinski definition) is 0.